The van der Waals surface area contributed by atoms with E-state index in [-0.39, 0.29) is 0 Å². The third kappa shape index (κ3) is 5.22. The first kappa shape index (κ1) is 14.0. The summed E-state index contributed by atoms with van der Waals surface area (Å²) >= 11 is 0. The van der Waals surface area contributed by atoms with Crippen molar-refractivity contribution < 1.29 is 0 Å². The monoisotopic (exact) mass is 238 g/mol. The smallest absolute Gasteiger partial charge is 0.188 e. The Morgan fingerprint density at radius 3 is 3.12 bits per heavy atom. The lowest BCUT2D eigenvalue weighted by molar-refractivity contribution is 0.273. The van der Waals surface area contributed by atoms with Crippen molar-refractivity contribution in [3.63, 3.8) is 0 Å². The molecule has 98 valence electrons. The molecule has 1 rings (SSSR count). The van der Waals surface area contributed by atoms with Crippen molar-refractivity contribution in [2.45, 2.75) is 39.2 Å². The number of rotatable bonds is 6. The second-order valence-electron chi connectivity index (χ2n) is 4.44. The normalized spacial score (nSPS) is 22.5. The Bertz CT molecular complexity index is 260. The molecule has 0 aliphatic carbocycles. The highest BCUT2D eigenvalue weighted by molar-refractivity contribution is 5.77. The number of nitrogens with zero attached hydrogens (tertiary/aromatic N) is 2. The van der Waals surface area contributed by atoms with Crippen LogP contribution in [0, 0.1) is 0 Å². The van der Waals surface area contributed by atoms with Gasteiger partial charge >= 0.3 is 0 Å². The first-order chi connectivity index (χ1) is 8.27. The van der Waals surface area contributed by atoms with Crippen LogP contribution in [0.1, 0.15) is 33.1 Å². The zero-order chi connectivity index (χ0) is 12.5. The molecule has 1 aliphatic rings. The number of nitrogens with one attached hydrogen (secondary N) is 1. The third-order valence-electron chi connectivity index (χ3n) is 3.23. The number of hydrogen-bond donors (Lipinski definition) is 2. The summed E-state index contributed by atoms with van der Waals surface area (Å²) < 4.78 is 0. The number of likely N-dealkylation sites (N-methyl/N-ethyl adjacent to an activating group) is 1. The zero-order valence-corrected chi connectivity index (χ0v) is 11.2. The number of allylic oxidation sites excluding steroid dienone is 1. The molecule has 1 atom stereocenters. The zero-order valence-electron chi connectivity index (χ0n) is 11.2. The molecule has 0 radical (unpaired) electrons. The Labute approximate surface area is 105 Å². The highest BCUT2D eigenvalue weighted by Crippen LogP contribution is 2.16. The third-order valence-corrected chi connectivity index (χ3v) is 3.23. The predicted molar refractivity (Wildman–Crippen MR) is 74.2 cm³/mol. The van der Waals surface area contributed by atoms with Gasteiger partial charge in [0.1, 0.15) is 0 Å². The molecule has 4 heteroatoms. The number of guanidine groups is 1. The largest absolute Gasteiger partial charge is 0.370 e. The molecule has 1 fully saturated rings. The van der Waals surface area contributed by atoms with Crippen molar-refractivity contribution in [3.8, 4) is 0 Å². The average Bonchev–Trinajstić information content (AvgIpc) is 2.79. The Morgan fingerprint density at radius 1 is 1.59 bits per heavy atom. The van der Waals surface area contributed by atoms with Crippen LogP contribution in [0.2, 0.25) is 0 Å². The van der Waals surface area contributed by atoms with Gasteiger partial charge in [-0.1, -0.05) is 19.1 Å². The van der Waals surface area contributed by atoms with Gasteiger partial charge < -0.3 is 11.1 Å². The van der Waals surface area contributed by atoms with E-state index in [0.717, 1.165) is 26.1 Å². The maximum absolute atomic E-state index is 5.82. The van der Waals surface area contributed by atoms with Crippen molar-refractivity contribution >= 4 is 5.96 Å². The summed E-state index contributed by atoms with van der Waals surface area (Å²) in [5.41, 5.74) is 5.82. The van der Waals surface area contributed by atoms with Crippen LogP contribution in [0.5, 0.6) is 0 Å². The minimum atomic E-state index is 0.581. The van der Waals surface area contributed by atoms with Crippen LogP contribution in [0.25, 0.3) is 0 Å². The molecule has 17 heavy (non-hydrogen) atoms. The van der Waals surface area contributed by atoms with Crippen LogP contribution in [-0.4, -0.2) is 43.1 Å². The van der Waals surface area contributed by atoms with Gasteiger partial charge in [-0.2, -0.15) is 0 Å². The number of aliphatic imine (C=N–C) groups is 1. The molecule has 0 aromatic heterocycles. The molecule has 0 amide bonds. The van der Waals surface area contributed by atoms with E-state index < -0.39 is 0 Å². The van der Waals surface area contributed by atoms with Gasteiger partial charge in [0, 0.05) is 12.6 Å². The van der Waals surface area contributed by atoms with Gasteiger partial charge in [-0.25, -0.2) is 0 Å². The Kier molecular flexibility index (Phi) is 6.70. The van der Waals surface area contributed by atoms with Gasteiger partial charge in [0.2, 0.25) is 0 Å². The summed E-state index contributed by atoms with van der Waals surface area (Å²) in [6.45, 7) is 8.26. The second kappa shape index (κ2) is 8.12. The fourth-order valence-electron chi connectivity index (χ4n) is 2.23. The Balaban J connectivity index is 2.22. The lowest BCUT2D eigenvalue weighted by Gasteiger charge is -2.20. The molecule has 0 saturated carbocycles. The standard InChI is InChI=1S/C13H26N4/c1-3-5-6-9-15-13(14)16-11-12-8-7-10-17(12)4-2/h3,5,12H,4,6-11H2,1-2H3,(H3,14,15,16). The Hall–Kier alpha value is -1.03. The van der Waals surface area contributed by atoms with E-state index in [0.29, 0.717) is 12.0 Å². The number of nitrogens with two attached hydrogens (primary N) is 1. The van der Waals surface area contributed by atoms with Gasteiger partial charge in [0.25, 0.3) is 0 Å². The van der Waals surface area contributed by atoms with Gasteiger partial charge in [-0.05, 0) is 39.3 Å². The topological polar surface area (TPSA) is 53.6 Å². The van der Waals surface area contributed by atoms with Gasteiger partial charge in [-0.15, -0.1) is 0 Å². The highest BCUT2D eigenvalue weighted by atomic mass is 15.2. The maximum atomic E-state index is 5.82. The minimum Gasteiger partial charge on any atom is -0.370 e. The molecule has 1 aliphatic heterocycles. The molecule has 0 spiro atoms. The molecule has 0 aromatic rings. The fourth-order valence-corrected chi connectivity index (χ4v) is 2.23. The molecular formula is C13H26N4. The molecule has 1 heterocycles. The average molecular weight is 238 g/mol. The maximum Gasteiger partial charge on any atom is 0.188 e. The van der Waals surface area contributed by atoms with Crippen LogP contribution in [-0.2, 0) is 0 Å². The van der Waals surface area contributed by atoms with E-state index in [9.17, 15) is 0 Å². The van der Waals surface area contributed by atoms with Crippen LogP contribution in [0.15, 0.2) is 17.1 Å². The minimum absolute atomic E-state index is 0.581. The highest BCUT2D eigenvalue weighted by Gasteiger charge is 2.22. The van der Waals surface area contributed by atoms with Crippen molar-refractivity contribution in [1.82, 2.24) is 10.2 Å². The Morgan fingerprint density at radius 2 is 2.41 bits per heavy atom. The SMILES string of the molecule is CC=CCCNC(N)=NCC1CCCN1CC. The lowest BCUT2D eigenvalue weighted by Crippen LogP contribution is -2.36. The molecule has 1 saturated heterocycles. The van der Waals surface area contributed by atoms with Crippen molar-refractivity contribution in [1.29, 1.82) is 0 Å². The van der Waals surface area contributed by atoms with Gasteiger partial charge in [-0.3, -0.25) is 9.89 Å². The first-order valence-corrected chi connectivity index (χ1v) is 6.67. The van der Waals surface area contributed by atoms with Crippen molar-refractivity contribution in [2.24, 2.45) is 10.7 Å². The summed E-state index contributed by atoms with van der Waals surface area (Å²) in [6.07, 6.45) is 7.71. The van der Waals surface area contributed by atoms with Crippen LogP contribution >= 0.6 is 0 Å². The predicted octanol–water partition coefficient (Wildman–Crippen LogP) is 1.34. The van der Waals surface area contributed by atoms with Crippen LogP contribution in [0.3, 0.4) is 0 Å². The summed E-state index contributed by atoms with van der Waals surface area (Å²) in [7, 11) is 0. The summed E-state index contributed by atoms with van der Waals surface area (Å²) in [6, 6.07) is 0.593. The van der Waals surface area contributed by atoms with Crippen LogP contribution < -0.4 is 11.1 Å². The fraction of sp³-hybridized carbons (Fsp3) is 0.769. The molecule has 0 aromatic carbocycles. The molecular weight excluding hydrogens is 212 g/mol. The molecule has 1 unspecified atom stereocenters. The van der Waals surface area contributed by atoms with E-state index in [1.54, 1.807) is 0 Å². The summed E-state index contributed by atoms with van der Waals surface area (Å²) in [4.78, 5) is 6.90. The number of likely N-dealkylation sites (tertiary alicyclic amines) is 1. The van der Waals surface area contributed by atoms with Crippen molar-refractivity contribution in [2.75, 3.05) is 26.2 Å². The molecule has 0 bridgehead atoms. The van der Waals surface area contributed by atoms with E-state index in [4.69, 9.17) is 5.73 Å². The molecule has 4 nitrogen and oxygen atoms in total. The molecule has 3 N–H and O–H groups in total. The van der Waals surface area contributed by atoms with E-state index in [2.05, 4.69) is 28.2 Å². The van der Waals surface area contributed by atoms with E-state index in [1.807, 2.05) is 13.0 Å². The first-order valence-electron chi connectivity index (χ1n) is 6.67. The van der Waals surface area contributed by atoms with Gasteiger partial charge in [0.15, 0.2) is 5.96 Å². The van der Waals surface area contributed by atoms with Gasteiger partial charge in [0.05, 0.1) is 6.54 Å². The van der Waals surface area contributed by atoms with Crippen LogP contribution in [0.4, 0.5) is 0 Å². The number of hydrogen-bond acceptors (Lipinski definition) is 2. The summed E-state index contributed by atoms with van der Waals surface area (Å²) in [5, 5.41) is 3.13. The summed E-state index contributed by atoms with van der Waals surface area (Å²) in [5.74, 6) is 0.581. The van der Waals surface area contributed by atoms with Crippen molar-refractivity contribution in [3.05, 3.63) is 12.2 Å². The van der Waals surface area contributed by atoms with E-state index in [1.165, 1.54) is 19.4 Å². The van der Waals surface area contributed by atoms with E-state index >= 15 is 0 Å². The second-order valence-corrected chi connectivity index (χ2v) is 4.44. The quantitative estimate of drug-likeness (QED) is 0.318. The lowest BCUT2D eigenvalue weighted by atomic mass is 10.2.